The maximum absolute atomic E-state index is 10.9. The molecule has 0 fully saturated rings. The van der Waals surface area contributed by atoms with Crippen LogP contribution in [0.4, 0.5) is 0 Å². The van der Waals surface area contributed by atoms with E-state index in [9.17, 15) is 9.36 Å². The molecule has 0 aromatic carbocycles. The van der Waals surface area contributed by atoms with E-state index >= 15 is 0 Å². The zero-order valence-corrected chi connectivity index (χ0v) is 8.19. The highest BCUT2D eigenvalue weighted by molar-refractivity contribution is 7.46. The van der Waals surface area contributed by atoms with Crippen molar-refractivity contribution < 1.29 is 23.7 Å². The Morgan fingerprint density at radius 2 is 2.00 bits per heavy atom. The second-order valence-corrected chi connectivity index (χ2v) is 3.73. The van der Waals surface area contributed by atoms with Gasteiger partial charge in [0.1, 0.15) is 6.23 Å². The van der Waals surface area contributed by atoms with E-state index in [4.69, 9.17) is 15.5 Å². The van der Waals surface area contributed by atoms with Gasteiger partial charge in [0.05, 0.1) is 6.04 Å². The number of phosphoric acid groups is 1. The molecule has 2 atom stereocenters. The Kier molecular flexibility index (Phi) is 4.52. The lowest BCUT2D eigenvalue weighted by Gasteiger charge is -2.16. The van der Waals surface area contributed by atoms with Crippen molar-refractivity contribution in [2.75, 3.05) is 0 Å². The summed E-state index contributed by atoms with van der Waals surface area (Å²) in [5.74, 6) is -0.541. The monoisotopic (exact) mass is 212 g/mol. The second kappa shape index (κ2) is 4.69. The number of phosphoric ester groups is 1. The maximum Gasteiger partial charge on any atom is 0.471 e. The Balaban J connectivity index is 3.95. The first-order chi connectivity index (χ1) is 5.72. The van der Waals surface area contributed by atoms with Crippen LogP contribution in [0, 0.1) is 0 Å². The fourth-order valence-corrected chi connectivity index (χ4v) is 1.03. The zero-order chi connectivity index (χ0) is 10.6. The summed E-state index contributed by atoms with van der Waals surface area (Å²) in [5.41, 5.74) is 5.19. The van der Waals surface area contributed by atoms with Gasteiger partial charge >= 0.3 is 7.82 Å². The van der Waals surface area contributed by atoms with Crippen molar-refractivity contribution in [3.05, 3.63) is 0 Å². The van der Waals surface area contributed by atoms with Gasteiger partial charge in [0, 0.05) is 0 Å². The summed E-state index contributed by atoms with van der Waals surface area (Å²) in [6.45, 7) is 2.74. The van der Waals surface area contributed by atoms with Gasteiger partial charge in [-0.3, -0.25) is 9.32 Å². The molecule has 0 radical (unpaired) electrons. The van der Waals surface area contributed by atoms with Crippen LogP contribution in [0.2, 0.25) is 0 Å². The molecule has 0 rings (SSSR count). The highest BCUT2D eigenvalue weighted by Gasteiger charge is 2.20. The maximum atomic E-state index is 10.9. The lowest BCUT2D eigenvalue weighted by molar-refractivity contribution is -0.124. The fourth-order valence-electron chi connectivity index (χ4n) is 0.564. The van der Waals surface area contributed by atoms with Crippen molar-refractivity contribution >= 4 is 13.7 Å². The number of hydrogen-bond donors (Lipinski definition) is 4. The summed E-state index contributed by atoms with van der Waals surface area (Å²) in [4.78, 5) is 27.6. The molecule has 0 spiro atoms. The van der Waals surface area contributed by atoms with Crippen LogP contribution in [0.1, 0.15) is 13.8 Å². The molecule has 78 valence electrons. The number of carbonyl (C=O) groups excluding carboxylic acids is 1. The van der Waals surface area contributed by atoms with Crippen LogP contribution >= 0.6 is 7.82 Å². The van der Waals surface area contributed by atoms with Gasteiger partial charge in [-0.1, -0.05) is 0 Å². The Bertz CT molecular complexity index is 225. The SMILES string of the molecule is C[C@H](NC(=O)[C@H](C)N)OP(=O)(O)O. The van der Waals surface area contributed by atoms with E-state index in [1.165, 1.54) is 13.8 Å². The molecule has 0 aliphatic heterocycles. The second-order valence-electron chi connectivity index (χ2n) is 2.54. The molecule has 0 bridgehead atoms. The van der Waals surface area contributed by atoms with Crippen molar-refractivity contribution in [1.29, 1.82) is 0 Å². The third kappa shape index (κ3) is 6.68. The van der Waals surface area contributed by atoms with Crippen LogP contribution in [0.25, 0.3) is 0 Å². The zero-order valence-electron chi connectivity index (χ0n) is 7.30. The average Bonchev–Trinajstić information content (AvgIpc) is 1.81. The molecule has 0 unspecified atom stereocenters. The number of amides is 1. The van der Waals surface area contributed by atoms with Crippen molar-refractivity contribution in [3.8, 4) is 0 Å². The Morgan fingerprint density at radius 1 is 1.54 bits per heavy atom. The predicted molar refractivity (Wildman–Crippen MR) is 44.4 cm³/mol. The molecule has 0 aromatic rings. The third-order valence-corrected chi connectivity index (χ3v) is 1.65. The number of nitrogens with two attached hydrogens (primary N) is 1. The molecule has 5 N–H and O–H groups in total. The minimum absolute atomic E-state index is 0.541. The van der Waals surface area contributed by atoms with Crippen molar-refractivity contribution in [3.63, 3.8) is 0 Å². The van der Waals surface area contributed by atoms with Gasteiger partial charge in [0.15, 0.2) is 0 Å². The summed E-state index contributed by atoms with van der Waals surface area (Å²) in [6, 6.07) is -0.747. The van der Waals surface area contributed by atoms with Gasteiger partial charge < -0.3 is 20.8 Å². The molecule has 7 nitrogen and oxygen atoms in total. The minimum atomic E-state index is -4.56. The molecule has 0 saturated heterocycles. The number of nitrogens with one attached hydrogen (secondary N) is 1. The molecule has 0 aliphatic carbocycles. The average molecular weight is 212 g/mol. The first kappa shape index (κ1) is 12.5. The van der Waals surface area contributed by atoms with E-state index in [0.717, 1.165) is 0 Å². The molecule has 0 heterocycles. The summed E-state index contributed by atoms with van der Waals surface area (Å²) in [5, 5.41) is 2.16. The number of rotatable bonds is 4. The largest absolute Gasteiger partial charge is 0.471 e. The van der Waals surface area contributed by atoms with Crippen LogP contribution in [-0.4, -0.2) is 28.0 Å². The molecule has 0 saturated carbocycles. The molecule has 1 amide bonds. The van der Waals surface area contributed by atoms with Gasteiger partial charge in [0.2, 0.25) is 5.91 Å². The van der Waals surface area contributed by atoms with Crippen molar-refractivity contribution in [2.24, 2.45) is 5.73 Å². The van der Waals surface area contributed by atoms with Crippen LogP contribution in [0.3, 0.4) is 0 Å². The lowest BCUT2D eigenvalue weighted by atomic mass is 10.3. The van der Waals surface area contributed by atoms with E-state index in [1.54, 1.807) is 0 Å². The fraction of sp³-hybridized carbons (Fsp3) is 0.800. The number of carbonyl (C=O) groups is 1. The van der Waals surface area contributed by atoms with Crippen molar-refractivity contribution in [2.45, 2.75) is 26.1 Å². The highest BCUT2D eigenvalue weighted by Crippen LogP contribution is 2.36. The van der Waals surface area contributed by atoms with E-state index in [-0.39, 0.29) is 0 Å². The summed E-state index contributed by atoms with van der Waals surface area (Å²) in [7, 11) is -4.56. The third-order valence-electron chi connectivity index (χ3n) is 1.05. The van der Waals surface area contributed by atoms with Gasteiger partial charge in [-0.15, -0.1) is 0 Å². The lowest BCUT2D eigenvalue weighted by Crippen LogP contribution is -2.43. The van der Waals surface area contributed by atoms with E-state index in [0.29, 0.717) is 0 Å². The smallest absolute Gasteiger partial charge is 0.329 e. The van der Waals surface area contributed by atoms with E-state index < -0.39 is 26.0 Å². The summed E-state index contributed by atoms with van der Waals surface area (Å²) < 4.78 is 14.4. The quantitative estimate of drug-likeness (QED) is 0.347. The topological polar surface area (TPSA) is 122 Å². The standard InChI is InChI=1S/C5H13N2O5P/c1-3(6)5(8)7-4(2)12-13(9,10)11/h3-4H,6H2,1-2H3,(H,7,8)(H2,9,10,11)/t3-,4+/m0/s1. The molecule has 8 heteroatoms. The van der Waals surface area contributed by atoms with Crippen LogP contribution in [0.5, 0.6) is 0 Å². The first-order valence-electron chi connectivity index (χ1n) is 3.52. The summed E-state index contributed by atoms with van der Waals surface area (Å²) >= 11 is 0. The molecular formula is C5H13N2O5P. The van der Waals surface area contributed by atoms with Crippen LogP contribution in [-0.2, 0) is 13.9 Å². The number of hydrogen-bond acceptors (Lipinski definition) is 4. The first-order valence-corrected chi connectivity index (χ1v) is 5.05. The van der Waals surface area contributed by atoms with Gasteiger partial charge in [-0.05, 0) is 13.8 Å². The van der Waals surface area contributed by atoms with Gasteiger partial charge in [-0.2, -0.15) is 0 Å². The minimum Gasteiger partial charge on any atom is -0.329 e. The van der Waals surface area contributed by atoms with Crippen molar-refractivity contribution in [1.82, 2.24) is 5.32 Å². The predicted octanol–water partition coefficient (Wildman–Crippen LogP) is -1.09. The molecule has 0 aromatic heterocycles. The summed E-state index contributed by atoms with van der Waals surface area (Å²) in [6.07, 6.45) is -1.07. The van der Waals surface area contributed by atoms with Crippen LogP contribution in [0.15, 0.2) is 0 Å². The highest BCUT2D eigenvalue weighted by atomic mass is 31.2. The molecule has 13 heavy (non-hydrogen) atoms. The Morgan fingerprint density at radius 3 is 2.31 bits per heavy atom. The normalized spacial score (nSPS) is 16.4. The Hall–Kier alpha value is -0.460. The van der Waals surface area contributed by atoms with Gasteiger partial charge in [0.25, 0.3) is 0 Å². The Labute approximate surface area is 75.5 Å². The van der Waals surface area contributed by atoms with Crippen LogP contribution < -0.4 is 11.1 Å². The molecular weight excluding hydrogens is 199 g/mol. The van der Waals surface area contributed by atoms with E-state index in [1.807, 2.05) is 0 Å². The molecule has 0 aliphatic rings. The van der Waals surface area contributed by atoms with E-state index in [2.05, 4.69) is 9.84 Å². The van der Waals surface area contributed by atoms with Gasteiger partial charge in [-0.25, -0.2) is 4.57 Å².